The molecule has 54 valence electrons. The fraction of sp³-hybridized carbons (Fsp3) is 0. The SMILES string of the molecule is O=P(=O)[AsH]O[Si](O)(O)O. The summed E-state index contributed by atoms with van der Waals surface area (Å²) in [7, 11) is -4.55. The Hall–Kier alpha value is 0.515. The van der Waals surface area contributed by atoms with E-state index >= 15 is 0 Å². The second-order valence-corrected chi connectivity index (χ2v) is 7.81. The molecule has 0 saturated carbocycles. The molecular weight excluding hydrogens is 230 g/mol. The Labute approximate surface area is 58.4 Å². The van der Waals surface area contributed by atoms with Gasteiger partial charge in [-0.25, -0.2) is 0 Å². The first kappa shape index (κ1) is 9.52. The maximum atomic E-state index is 9.70. The van der Waals surface area contributed by atoms with Crippen molar-refractivity contribution in [3.05, 3.63) is 0 Å². The molecule has 3 N–H and O–H groups in total. The standard InChI is InChI=1S/AsH4O6PSi/c2-8(3)1-7-9(4,5)6/h1,4-6H. The van der Waals surface area contributed by atoms with Gasteiger partial charge in [-0.1, -0.05) is 0 Å². The molecule has 0 aromatic rings. The van der Waals surface area contributed by atoms with E-state index in [4.69, 9.17) is 14.4 Å². The second kappa shape index (κ2) is 3.63. The number of hydrogen-bond acceptors (Lipinski definition) is 6. The molecule has 9 heteroatoms. The molecule has 0 fully saturated rings. The molecule has 0 bridgehead atoms. The van der Waals surface area contributed by atoms with Crippen molar-refractivity contribution >= 4 is 30.9 Å². The normalized spacial score (nSPS) is 12.8. The molecule has 0 aliphatic heterocycles. The topological polar surface area (TPSA) is 104 Å². The van der Waals surface area contributed by atoms with Crippen LogP contribution in [0.2, 0.25) is 0 Å². The zero-order valence-electron chi connectivity index (χ0n) is 4.01. The molecule has 0 amide bonds. The fourth-order valence-corrected chi connectivity index (χ4v) is 4.61. The van der Waals surface area contributed by atoms with E-state index in [2.05, 4.69) is 3.42 Å². The van der Waals surface area contributed by atoms with E-state index in [1.54, 1.807) is 0 Å². The first-order valence-electron chi connectivity index (χ1n) is 1.67. The zero-order valence-corrected chi connectivity index (χ0v) is 8.01. The summed E-state index contributed by atoms with van der Waals surface area (Å²) in [5.41, 5.74) is 0. The molecule has 0 aliphatic carbocycles. The van der Waals surface area contributed by atoms with Gasteiger partial charge in [-0.2, -0.15) is 0 Å². The molecule has 9 heavy (non-hydrogen) atoms. The number of rotatable bonds is 3. The van der Waals surface area contributed by atoms with Crippen LogP contribution in [0.3, 0.4) is 0 Å². The van der Waals surface area contributed by atoms with Gasteiger partial charge in [-0.15, -0.1) is 0 Å². The van der Waals surface area contributed by atoms with Crippen LogP contribution in [0.4, 0.5) is 0 Å². The summed E-state index contributed by atoms with van der Waals surface area (Å²) in [5.74, 6) is 0. The Morgan fingerprint density at radius 3 is 1.89 bits per heavy atom. The van der Waals surface area contributed by atoms with Crippen LogP contribution in [0.5, 0.6) is 0 Å². The van der Waals surface area contributed by atoms with Gasteiger partial charge in [0, 0.05) is 0 Å². The van der Waals surface area contributed by atoms with Crippen LogP contribution < -0.4 is 0 Å². The molecule has 0 spiro atoms. The van der Waals surface area contributed by atoms with E-state index in [0.717, 1.165) is 0 Å². The Kier molecular flexibility index (Phi) is 3.83. The van der Waals surface area contributed by atoms with Crippen LogP contribution >= 0.6 is 6.24 Å². The van der Waals surface area contributed by atoms with Crippen molar-refractivity contribution in [1.29, 1.82) is 0 Å². The van der Waals surface area contributed by atoms with Crippen molar-refractivity contribution < 1.29 is 26.9 Å². The van der Waals surface area contributed by atoms with Crippen LogP contribution in [0.15, 0.2) is 0 Å². The van der Waals surface area contributed by atoms with Crippen molar-refractivity contribution in [1.82, 2.24) is 0 Å². The Bertz CT molecular complexity index is 136. The van der Waals surface area contributed by atoms with Crippen molar-refractivity contribution in [2.45, 2.75) is 0 Å². The third-order valence-corrected chi connectivity index (χ3v) is 5.43. The van der Waals surface area contributed by atoms with Crippen LogP contribution in [0, 0.1) is 0 Å². The van der Waals surface area contributed by atoms with Gasteiger partial charge in [0.15, 0.2) is 0 Å². The van der Waals surface area contributed by atoms with Gasteiger partial charge in [0.2, 0.25) is 0 Å². The Morgan fingerprint density at radius 2 is 1.78 bits per heavy atom. The van der Waals surface area contributed by atoms with Gasteiger partial charge in [-0.3, -0.25) is 0 Å². The predicted octanol–water partition coefficient (Wildman–Crippen LogP) is -2.15. The fourth-order valence-electron chi connectivity index (χ4n) is 0.0985. The first-order chi connectivity index (χ1) is 3.92. The Morgan fingerprint density at radius 1 is 1.33 bits per heavy atom. The summed E-state index contributed by atoms with van der Waals surface area (Å²) in [6.07, 6.45) is -2.71. The summed E-state index contributed by atoms with van der Waals surface area (Å²) < 4.78 is 23.2. The monoisotopic (exact) mass is 234 g/mol. The van der Waals surface area contributed by atoms with Crippen molar-refractivity contribution in [2.75, 3.05) is 0 Å². The summed E-state index contributed by atoms with van der Waals surface area (Å²) in [6, 6.07) is 0. The average Bonchev–Trinajstić information content (AvgIpc) is 1.59. The van der Waals surface area contributed by atoms with Gasteiger partial charge < -0.3 is 0 Å². The van der Waals surface area contributed by atoms with Crippen molar-refractivity contribution in [3.8, 4) is 0 Å². The van der Waals surface area contributed by atoms with Crippen LogP contribution in [-0.4, -0.2) is 39.1 Å². The van der Waals surface area contributed by atoms with E-state index in [0.29, 0.717) is 0 Å². The zero-order chi connectivity index (χ0) is 7.49. The summed E-state index contributed by atoms with van der Waals surface area (Å²) in [6.45, 7) is 0. The van der Waals surface area contributed by atoms with E-state index in [1.165, 1.54) is 0 Å². The first-order valence-corrected chi connectivity index (χ1v) is 8.27. The second-order valence-electron chi connectivity index (χ2n) is 1.02. The molecule has 1 atom stereocenters. The molecule has 0 heterocycles. The summed E-state index contributed by atoms with van der Waals surface area (Å²) >= 11 is -1.88. The van der Waals surface area contributed by atoms with Crippen molar-refractivity contribution in [3.63, 3.8) is 0 Å². The van der Waals surface area contributed by atoms with E-state index in [9.17, 15) is 9.13 Å². The molecule has 0 aromatic carbocycles. The number of hydrogen-bond donors (Lipinski definition) is 3. The minimum atomic E-state index is -4.55. The third-order valence-electron chi connectivity index (χ3n) is 0.257. The minimum absolute atomic E-state index is 1.88. The molecule has 0 aliphatic rings. The van der Waals surface area contributed by atoms with Gasteiger partial charge in [0.05, 0.1) is 0 Å². The Balaban J connectivity index is 3.52. The van der Waals surface area contributed by atoms with Gasteiger partial charge >= 0.3 is 57.9 Å². The van der Waals surface area contributed by atoms with Crippen molar-refractivity contribution in [2.24, 2.45) is 0 Å². The van der Waals surface area contributed by atoms with Crippen LogP contribution in [-0.2, 0) is 12.5 Å². The van der Waals surface area contributed by atoms with Crippen LogP contribution in [0.1, 0.15) is 0 Å². The van der Waals surface area contributed by atoms with Crippen LogP contribution in [0.25, 0.3) is 0 Å². The third kappa shape index (κ3) is 8.52. The van der Waals surface area contributed by atoms with Gasteiger partial charge in [0.25, 0.3) is 0 Å². The average molecular weight is 234 g/mol. The quantitative estimate of drug-likeness (QED) is 0.380. The molecule has 6 nitrogen and oxygen atoms in total. The molecular formula is H4AsO6PSi. The molecule has 0 aromatic heterocycles. The molecule has 0 radical (unpaired) electrons. The van der Waals surface area contributed by atoms with E-state index in [-0.39, 0.29) is 0 Å². The molecule has 0 saturated heterocycles. The molecule has 0 rings (SSSR count). The maximum absolute atomic E-state index is 9.70. The van der Waals surface area contributed by atoms with E-state index < -0.39 is 30.9 Å². The summed E-state index contributed by atoms with van der Waals surface area (Å²) in [5, 5.41) is 0. The van der Waals surface area contributed by atoms with Gasteiger partial charge in [0.1, 0.15) is 0 Å². The van der Waals surface area contributed by atoms with Gasteiger partial charge in [-0.05, 0) is 0 Å². The van der Waals surface area contributed by atoms with E-state index in [1.807, 2.05) is 0 Å². The summed E-state index contributed by atoms with van der Waals surface area (Å²) in [4.78, 5) is 24.2. The molecule has 1 unspecified atom stereocenters. The predicted molar refractivity (Wildman–Crippen MR) is 28.9 cm³/mol.